The van der Waals surface area contributed by atoms with Gasteiger partial charge in [-0.2, -0.15) is 0 Å². The summed E-state index contributed by atoms with van der Waals surface area (Å²) in [7, 11) is 0. The number of rotatable bonds is 6. The van der Waals surface area contributed by atoms with Crippen molar-refractivity contribution >= 4 is 11.9 Å². The minimum atomic E-state index is -0.946. The number of benzene rings is 1. The van der Waals surface area contributed by atoms with Gasteiger partial charge in [0.1, 0.15) is 18.2 Å². The molecule has 1 N–H and O–H groups in total. The second-order valence-corrected chi connectivity index (χ2v) is 3.88. The summed E-state index contributed by atoms with van der Waals surface area (Å²) in [6.07, 6.45) is 3.39. The molecule has 0 saturated carbocycles. The zero-order valence-corrected chi connectivity index (χ0v) is 11.0. The van der Waals surface area contributed by atoms with Gasteiger partial charge in [0, 0.05) is 12.6 Å². The number of esters is 1. The first-order valence-corrected chi connectivity index (χ1v) is 6.04. The first-order chi connectivity index (χ1) is 9.54. The number of ether oxygens (including phenoxy) is 1. The second-order valence-electron chi connectivity index (χ2n) is 3.88. The van der Waals surface area contributed by atoms with Crippen molar-refractivity contribution in [3.63, 3.8) is 0 Å². The average Bonchev–Trinajstić information content (AvgIpc) is 2.38. The molecular weight excluding hydrogens is 268 g/mol. The van der Waals surface area contributed by atoms with E-state index in [0.717, 1.165) is 12.1 Å². The van der Waals surface area contributed by atoms with Gasteiger partial charge < -0.3 is 10.1 Å². The van der Waals surface area contributed by atoms with Crippen LogP contribution in [0.15, 0.2) is 30.4 Å². The molecule has 0 atom stereocenters. The number of halogens is 2. The van der Waals surface area contributed by atoms with Crippen molar-refractivity contribution in [2.75, 3.05) is 13.2 Å². The summed E-state index contributed by atoms with van der Waals surface area (Å²) in [6.45, 7) is 1.99. The molecule has 0 bridgehead atoms. The lowest BCUT2D eigenvalue weighted by Gasteiger charge is -2.06. The van der Waals surface area contributed by atoms with Crippen molar-refractivity contribution in [2.45, 2.75) is 13.3 Å². The molecule has 1 amide bonds. The Morgan fingerprint density at radius 1 is 1.35 bits per heavy atom. The van der Waals surface area contributed by atoms with E-state index in [1.54, 1.807) is 19.1 Å². The number of nitrogens with one attached hydrogen (secondary N) is 1. The first-order valence-electron chi connectivity index (χ1n) is 6.04. The van der Waals surface area contributed by atoms with Crippen LogP contribution in [0, 0.1) is 11.6 Å². The minimum absolute atomic E-state index is 0.0182. The molecule has 4 nitrogen and oxygen atoms in total. The predicted octanol–water partition coefficient (Wildman–Crippen LogP) is 2.20. The van der Waals surface area contributed by atoms with E-state index in [1.165, 1.54) is 0 Å². The third-order valence-corrected chi connectivity index (χ3v) is 2.37. The van der Waals surface area contributed by atoms with Crippen LogP contribution in [0.2, 0.25) is 0 Å². The summed E-state index contributed by atoms with van der Waals surface area (Å²) in [4.78, 5) is 22.8. The van der Waals surface area contributed by atoms with E-state index in [1.807, 2.05) is 0 Å². The monoisotopic (exact) mass is 283 g/mol. The Hall–Kier alpha value is -2.24. The summed E-state index contributed by atoms with van der Waals surface area (Å²) < 4.78 is 30.8. The molecular formula is C14H15F2NO3. The highest BCUT2D eigenvalue weighted by Crippen LogP contribution is 2.09. The number of allylic oxidation sites excluding steroid dienone is 1. The highest BCUT2D eigenvalue weighted by molar-refractivity contribution is 5.94. The number of hydrogen-bond donors (Lipinski definition) is 1. The molecule has 1 aromatic rings. The average molecular weight is 283 g/mol. The zero-order valence-electron chi connectivity index (χ0n) is 11.0. The van der Waals surface area contributed by atoms with Crippen LogP contribution >= 0.6 is 0 Å². The number of amides is 1. The van der Waals surface area contributed by atoms with Crippen LogP contribution in [0.3, 0.4) is 0 Å². The highest BCUT2D eigenvalue weighted by Gasteiger charge is 2.12. The lowest BCUT2D eigenvalue weighted by atomic mass is 10.2. The molecule has 1 aromatic carbocycles. The molecule has 1 rings (SSSR count). The Kier molecular flexibility index (Phi) is 6.36. The second kappa shape index (κ2) is 8.04. The van der Waals surface area contributed by atoms with Crippen molar-refractivity contribution in [3.8, 4) is 0 Å². The summed E-state index contributed by atoms with van der Waals surface area (Å²) in [6, 6.07) is 2.66. The van der Waals surface area contributed by atoms with Crippen molar-refractivity contribution < 1.29 is 23.1 Å². The molecule has 0 unspecified atom stereocenters. The molecule has 0 fully saturated rings. The fraction of sp³-hybridized carbons (Fsp3) is 0.286. The van der Waals surface area contributed by atoms with Gasteiger partial charge in [0.05, 0.1) is 12.0 Å². The van der Waals surface area contributed by atoms with Gasteiger partial charge in [-0.3, -0.25) is 9.59 Å². The van der Waals surface area contributed by atoms with Gasteiger partial charge in [-0.25, -0.2) is 8.78 Å². The summed E-state index contributed by atoms with van der Waals surface area (Å²) >= 11 is 0. The van der Waals surface area contributed by atoms with Crippen molar-refractivity contribution in [2.24, 2.45) is 0 Å². The Balaban J connectivity index is 2.38. The maximum absolute atomic E-state index is 13.3. The van der Waals surface area contributed by atoms with Crippen LogP contribution in [0.4, 0.5) is 8.78 Å². The number of carbonyl (C=O) groups excluding carboxylic acids is 2. The molecule has 20 heavy (non-hydrogen) atoms. The smallest absolute Gasteiger partial charge is 0.307 e. The fourth-order valence-electron chi connectivity index (χ4n) is 1.36. The molecule has 0 radical (unpaired) electrons. The Morgan fingerprint density at radius 2 is 2.10 bits per heavy atom. The van der Waals surface area contributed by atoms with Crippen molar-refractivity contribution in [1.82, 2.24) is 5.32 Å². The van der Waals surface area contributed by atoms with Crippen LogP contribution in [-0.2, 0) is 9.53 Å². The highest BCUT2D eigenvalue weighted by atomic mass is 19.1. The van der Waals surface area contributed by atoms with E-state index in [4.69, 9.17) is 4.74 Å². The topological polar surface area (TPSA) is 55.4 Å². The van der Waals surface area contributed by atoms with Crippen LogP contribution in [0.25, 0.3) is 0 Å². The molecule has 0 heterocycles. The first kappa shape index (κ1) is 15.8. The van der Waals surface area contributed by atoms with E-state index in [0.29, 0.717) is 6.07 Å². The van der Waals surface area contributed by atoms with E-state index in [-0.39, 0.29) is 25.1 Å². The third kappa shape index (κ3) is 5.17. The van der Waals surface area contributed by atoms with E-state index >= 15 is 0 Å². The van der Waals surface area contributed by atoms with Gasteiger partial charge in [-0.15, -0.1) is 0 Å². The SMILES string of the molecule is C/C=C/COC(=O)CCNC(=O)c1ccc(F)cc1F. The standard InChI is InChI=1S/C14H15F2NO3/c1-2-3-8-20-13(18)6-7-17-14(19)11-5-4-10(15)9-12(11)16/h2-5,9H,6-8H2,1H3,(H,17,19)/b3-2+. The molecule has 0 spiro atoms. The van der Waals surface area contributed by atoms with Gasteiger partial charge >= 0.3 is 5.97 Å². The molecule has 0 saturated heterocycles. The minimum Gasteiger partial charge on any atom is -0.461 e. The van der Waals surface area contributed by atoms with Crippen LogP contribution in [-0.4, -0.2) is 25.0 Å². The Morgan fingerprint density at radius 3 is 2.75 bits per heavy atom. The molecule has 108 valence electrons. The van der Waals surface area contributed by atoms with Crippen LogP contribution < -0.4 is 5.32 Å². The maximum Gasteiger partial charge on any atom is 0.307 e. The molecule has 0 aliphatic rings. The van der Waals surface area contributed by atoms with Crippen molar-refractivity contribution in [3.05, 3.63) is 47.5 Å². The number of carbonyl (C=O) groups is 2. The van der Waals surface area contributed by atoms with Gasteiger partial charge in [-0.1, -0.05) is 12.2 Å². The van der Waals surface area contributed by atoms with E-state index < -0.39 is 23.5 Å². The van der Waals surface area contributed by atoms with Gasteiger partial charge in [0.15, 0.2) is 0 Å². The van der Waals surface area contributed by atoms with E-state index in [2.05, 4.69) is 5.32 Å². The molecule has 0 aliphatic carbocycles. The summed E-state index contributed by atoms with van der Waals surface area (Å²) in [5, 5.41) is 2.36. The molecule has 0 aliphatic heterocycles. The largest absolute Gasteiger partial charge is 0.461 e. The summed E-state index contributed by atoms with van der Waals surface area (Å²) in [5.41, 5.74) is -0.270. The third-order valence-electron chi connectivity index (χ3n) is 2.37. The van der Waals surface area contributed by atoms with Gasteiger partial charge in [0.25, 0.3) is 5.91 Å². The fourth-order valence-corrected chi connectivity index (χ4v) is 1.36. The zero-order chi connectivity index (χ0) is 15.0. The predicted molar refractivity (Wildman–Crippen MR) is 69.1 cm³/mol. The normalized spacial score (nSPS) is 10.6. The van der Waals surface area contributed by atoms with Crippen LogP contribution in [0.5, 0.6) is 0 Å². The lowest BCUT2D eigenvalue weighted by molar-refractivity contribution is -0.142. The maximum atomic E-state index is 13.3. The lowest BCUT2D eigenvalue weighted by Crippen LogP contribution is -2.27. The Labute approximate surface area is 115 Å². The quantitative estimate of drug-likeness (QED) is 0.643. The van der Waals surface area contributed by atoms with Gasteiger partial charge in [-0.05, 0) is 19.1 Å². The molecule has 0 aromatic heterocycles. The van der Waals surface area contributed by atoms with E-state index in [9.17, 15) is 18.4 Å². The number of hydrogen-bond acceptors (Lipinski definition) is 3. The van der Waals surface area contributed by atoms with Gasteiger partial charge in [0.2, 0.25) is 0 Å². The molecule has 6 heteroatoms. The van der Waals surface area contributed by atoms with Crippen LogP contribution in [0.1, 0.15) is 23.7 Å². The Bertz CT molecular complexity index is 515. The summed E-state index contributed by atoms with van der Waals surface area (Å²) in [5.74, 6) is -2.88. The van der Waals surface area contributed by atoms with Crippen molar-refractivity contribution in [1.29, 1.82) is 0 Å².